The second-order valence-electron chi connectivity index (χ2n) is 6.50. The molecule has 2 heterocycles. The number of hydrogen-bond donors (Lipinski definition) is 0. The molecule has 0 fully saturated rings. The molecule has 3 nitrogen and oxygen atoms in total. The fourth-order valence-electron chi connectivity index (χ4n) is 3.40. The first-order valence-electron chi connectivity index (χ1n) is 8.70. The van der Waals surface area contributed by atoms with E-state index in [0.717, 1.165) is 17.1 Å². The van der Waals surface area contributed by atoms with Gasteiger partial charge in [0.05, 0.1) is 17.1 Å². The Kier molecular flexibility index (Phi) is 3.32. The van der Waals surface area contributed by atoms with Crippen LogP contribution >= 0.6 is 0 Å². The predicted octanol–water partition coefficient (Wildman–Crippen LogP) is 5.08. The van der Waals surface area contributed by atoms with Crippen LogP contribution in [0.25, 0.3) is 27.9 Å². The molecule has 124 valence electrons. The molecule has 3 aromatic rings. The number of aryl methyl sites for hydroxylation is 1. The van der Waals surface area contributed by atoms with Gasteiger partial charge in [-0.3, -0.25) is 4.40 Å². The number of benzene rings is 2. The Labute approximate surface area is 151 Å². The Hall–Kier alpha value is -3.46. The quantitative estimate of drug-likeness (QED) is 0.442. The highest BCUT2D eigenvalue weighted by Gasteiger charge is 2.18. The van der Waals surface area contributed by atoms with Crippen LogP contribution in [0.4, 0.5) is 5.69 Å². The summed E-state index contributed by atoms with van der Waals surface area (Å²) in [6.07, 6.45) is 2.15. The first kappa shape index (κ1) is 14.8. The van der Waals surface area contributed by atoms with Gasteiger partial charge in [-0.1, -0.05) is 66.2 Å². The summed E-state index contributed by atoms with van der Waals surface area (Å²) < 4.78 is 2.10. The van der Waals surface area contributed by atoms with Crippen LogP contribution in [0.3, 0.4) is 0 Å². The van der Waals surface area contributed by atoms with Gasteiger partial charge in [-0.25, -0.2) is 9.98 Å². The highest BCUT2D eigenvalue weighted by atomic mass is 15.1. The molecule has 0 radical (unpaired) electrons. The molecule has 2 aliphatic rings. The maximum atomic E-state index is 4.78. The zero-order chi connectivity index (χ0) is 17.5. The summed E-state index contributed by atoms with van der Waals surface area (Å²) in [6.45, 7) is 2.08. The largest absolute Gasteiger partial charge is 0.282 e. The van der Waals surface area contributed by atoms with Crippen LogP contribution in [0.5, 0.6) is 0 Å². The number of hydrogen-bond acceptors (Lipinski definition) is 2. The van der Waals surface area contributed by atoms with Gasteiger partial charge in [0, 0.05) is 17.1 Å². The molecule has 0 amide bonds. The highest BCUT2D eigenvalue weighted by molar-refractivity contribution is 5.94. The lowest BCUT2D eigenvalue weighted by Crippen LogP contribution is -2.09. The van der Waals surface area contributed by atoms with Crippen molar-refractivity contribution in [3.05, 3.63) is 96.2 Å². The number of nitrogens with zero attached hydrogens (tertiary/aromatic N) is 3. The van der Waals surface area contributed by atoms with Crippen molar-refractivity contribution in [2.45, 2.75) is 6.92 Å². The van der Waals surface area contributed by atoms with Gasteiger partial charge >= 0.3 is 0 Å². The van der Waals surface area contributed by atoms with E-state index in [1.54, 1.807) is 0 Å². The molecule has 0 saturated heterocycles. The lowest BCUT2D eigenvalue weighted by molar-refractivity contribution is 1.01. The van der Waals surface area contributed by atoms with Crippen molar-refractivity contribution in [1.82, 2.24) is 9.38 Å². The van der Waals surface area contributed by atoms with Gasteiger partial charge < -0.3 is 0 Å². The molecule has 0 spiro atoms. The summed E-state index contributed by atoms with van der Waals surface area (Å²) >= 11 is 0. The molecule has 2 aromatic carbocycles. The molecular formula is C23H17N3. The fourth-order valence-corrected chi connectivity index (χ4v) is 3.40. The molecule has 3 heteroatoms. The lowest BCUT2D eigenvalue weighted by atomic mass is 10.1. The minimum atomic E-state index is 0.710. The number of rotatable bonds is 2. The maximum Gasteiger partial charge on any atom is 0.235 e. The smallest absolute Gasteiger partial charge is 0.235 e. The molecule has 26 heavy (non-hydrogen) atoms. The fraction of sp³-hybridized carbons (Fsp3) is 0.0435. The Morgan fingerprint density at radius 3 is 2.35 bits per heavy atom. The highest BCUT2D eigenvalue weighted by Crippen LogP contribution is 2.34. The molecule has 0 N–H and O–H groups in total. The van der Waals surface area contributed by atoms with Gasteiger partial charge in [-0.05, 0) is 30.7 Å². The van der Waals surface area contributed by atoms with Crippen LogP contribution in [0.15, 0.2) is 90.1 Å². The van der Waals surface area contributed by atoms with E-state index >= 15 is 0 Å². The van der Waals surface area contributed by atoms with Crippen molar-refractivity contribution in [3.8, 4) is 22.5 Å². The van der Waals surface area contributed by atoms with E-state index in [9.17, 15) is 0 Å². The van der Waals surface area contributed by atoms with Gasteiger partial charge in [0.15, 0.2) is 0 Å². The Morgan fingerprint density at radius 1 is 0.808 bits per heavy atom. The Balaban J connectivity index is 1.82. The van der Waals surface area contributed by atoms with Crippen LogP contribution in [0.1, 0.15) is 5.56 Å². The number of aromatic nitrogens is 2. The summed E-state index contributed by atoms with van der Waals surface area (Å²) in [4.78, 5) is 9.54. The standard InChI is InChI=1S/C23H17N3/c1-16-11-13-18(14-12-16)24-23-25-21-10-6-5-9-19-20(15-26(23)22(19)21)17-7-3-2-4-8-17/h2-15H,1H3. The maximum absolute atomic E-state index is 4.78. The SMILES string of the molecule is Cc1ccc(N=c2nc3ccccc4c(-c5ccccc5)cn2c4-3)cc1. The van der Waals surface area contributed by atoms with Gasteiger partial charge in [-0.15, -0.1) is 0 Å². The number of imidazole rings is 1. The topological polar surface area (TPSA) is 29.7 Å². The summed E-state index contributed by atoms with van der Waals surface area (Å²) in [5, 5.41) is 1.19. The summed E-state index contributed by atoms with van der Waals surface area (Å²) in [5.74, 6) is 0. The molecule has 0 unspecified atom stereocenters. The van der Waals surface area contributed by atoms with Crippen molar-refractivity contribution >= 4 is 11.1 Å². The van der Waals surface area contributed by atoms with Gasteiger partial charge in [-0.2, -0.15) is 0 Å². The zero-order valence-electron chi connectivity index (χ0n) is 14.4. The molecule has 1 aromatic heterocycles. The van der Waals surface area contributed by atoms with E-state index in [1.807, 2.05) is 30.3 Å². The molecule has 0 saturated carbocycles. The summed E-state index contributed by atoms with van der Waals surface area (Å²) in [7, 11) is 0. The van der Waals surface area contributed by atoms with E-state index in [-0.39, 0.29) is 0 Å². The Morgan fingerprint density at radius 2 is 1.54 bits per heavy atom. The van der Waals surface area contributed by atoms with Gasteiger partial charge in [0.2, 0.25) is 5.62 Å². The predicted molar refractivity (Wildman–Crippen MR) is 105 cm³/mol. The molecule has 0 bridgehead atoms. The normalized spacial score (nSPS) is 12.3. The first-order chi connectivity index (χ1) is 12.8. The third-order valence-electron chi connectivity index (χ3n) is 4.70. The van der Waals surface area contributed by atoms with Crippen molar-refractivity contribution in [1.29, 1.82) is 0 Å². The molecule has 1 aliphatic carbocycles. The average Bonchev–Trinajstić information content (AvgIpc) is 3.12. The molecule has 5 rings (SSSR count). The zero-order valence-corrected chi connectivity index (χ0v) is 14.4. The lowest BCUT2D eigenvalue weighted by Gasteiger charge is -1.98. The van der Waals surface area contributed by atoms with Gasteiger partial charge in [0.25, 0.3) is 0 Å². The second-order valence-corrected chi connectivity index (χ2v) is 6.50. The van der Waals surface area contributed by atoms with Crippen LogP contribution in [-0.2, 0) is 0 Å². The second kappa shape index (κ2) is 5.81. The minimum absolute atomic E-state index is 0.710. The van der Waals surface area contributed by atoms with E-state index in [2.05, 4.69) is 66.1 Å². The third-order valence-corrected chi connectivity index (χ3v) is 4.70. The molecule has 0 atom stereocenters. The van der Waals surface area contributed by atoms with E-state index in [0.29, 0.717) is 5.62 Å². The van der Waals surface area contributed by atoms with Crippen molar-refractivity contribution in [3.63, 3.8) is 0 Å². The molecular weight excluding hydrogens is 318 g/mol. The summed E-state index contributed by atoms with van der Waals surface area (Å²) in [6, 6.07) is 27.0. The first-order valence-corrected chi connectivity index (χ1v) is 8.70. The third kappa shape index (κ3) is 2.37. The van der Waals surface area contributed by atoms with Crippen LogP contribution in [-0.4, -0.2) is 9.38 Å². The van der Waals surface area contributed by atoms with E-state index in [4.69, 9.17) is 9.98 Å². The average molecular weight is 335 g/mol. The van der Waals surface area contributed by atoms with Crippen LogP contribution in [0.2, 0.25) is 0 Å². The van der Waals surface area contributed by atoms with Crippen LogP contribution in [0, 0.1) is 6.92 Å². The van der Waals surface area contributed by atoms with E-state index in [1.165, 1.54) is 22.1 Å². The van der Waals surface area contributed by atoms with Crippen LogP contribution < -0.4 is 5.62 Å². The molecule has 1 aliphatic heterocycles. The summed E-state index contributed by atoms with van der Waals surface area (Å²) in [5.41, 5.74) is 7.31. The monoisotopic (exact) mass is 335 g/mol. The Bertz CT molecular complexity index is 1220. The van der Waals surface area contributed by atoms with Crippen molar-refractivity contribution in [2.75, 3.05) is 0 Å². The minimum Gasteiger partial charge on any atom is -0.282 e. The van der Waals surface area contributed by atoms with Crippen molar-refractivity contribution < 1.29 is 0 Å². The van der Waals surface area contributed by atoms with Gasteiger partial charge in [0.1, 0.15) is 0 Å². The van der Waals surface area contributed by atoms with Crippen molar-refractivity contribution in [2.24, 2.45) is 4.99 Å². The van der Waals surface area contributed by atoms with E-state index < -0.39 is 0 Å².